The van der Waals surface area contributed by atoms with E-state index in [9.17, 15) is 0 Å². The summed E-state index contributed by atoms with van der Waals surface area (Å²) in [6.07, 6.45) is 1.61. The molecule has 90 valence electrons. The molecule has 0 fully saturated rings. The largest absolute Gasteiger partial charge is 0.497 e. The molecule has 0 unspecified atom stereocenters. The normalized spacial score (nSPS) is 9.24. The third-order valence-corrected chi connectivity index (χ3v) is 2.04. The van der Waals surface area contributed by atoms with Gasteiger partial charge in [-0.05, 0) is 30.3 Å². The SMILES string of the molecule is COc1ccc(Nc2ccnc(N)n2)cc1.Cl. The minimum atomic E-state index is 0. The Bertz CT molecular complexity index is 475. The van der Waals surface area contributed by atoms with Crippen molar-refractivity contribution in [3.8, 4) is 5.75 Å². The Morgan fingerprint density at radius 3 is 2.47 bits per heavy atom. The first-order valence-electron chi connectivity index (χ1n) is 4.77. The maximum Gasteiger partial charge on any atom is 0.221 e. The zero-order valence-corrected chi connectivity index (χ0v) is 10.1. The van der Waals surface area contributed by atoms with Crippen molar-refractivity contribution in [1.29, 1.82) is 0 Å². The van der Waals surface area contributed by atoms with Crippen LogP contribution in [0.3, 0.4) is 0 Å². The lowest BCUT2D eigenvalue weighted by Gasteiger charge is -2.06. The van der Waals surface area contributed by atoms with Gasteiger partial charge in [0, 0.05) is 11.9 Å². The molecule has 2 rings (SSSR count). The molecule has 17 heavy (non-hydrogen) atoms. The zero-order chi connectivity index (χ0) is 11.4. The molecule has 0 saturated carbocycles. The smallest absolute Gasteiger partial charge is 0.221 e. The molecule has 0 spiro atoms. The highest BCUT2D eigenvalue weighted by molar-refractivity contribution is 5.85. The molecule has 0 aliphatic carbocycles. The van der Waals surface area contributed by atoms with E-state index in [1.54, 1.807) is 19.4 Å². The van der Waals surface area contributed by atoms with Gasteiger partial charge in [0.1, 0.15) is 11.6 Å². The first-order valence-corrected chi connectivity index (χ1v) is 4.77. The molecule has 0 atom stereocenters. The van der Waals surface area contributed by atoms with Gasteiger partial charge in [0.15, 0.2) is 0 Å². The van der Waals surface area contributed by atoms with Crippen LogP contribution in [0, 0.1) is 0 Å². The van der Waals surface area contributed by atoms with Crippen LogP contribution >= 0.6 is 12.4 Å². The highest BCUT2D eigenvalue weighted by Gasteiger charge is 1.97. The van der Waals surface area contributed by atoms with Crippen LogP contribution in [0.15, 0.2) is 36.5 Å². The Balaban J connectivity index is 0.00000144. The molecule has 2 aromatic rings. The van der Waals surface area contributed by atoms with Gasteiger partial charge in [0.2, 0.25) is 5.95 Å². The maximum atomic E-state index is 5.48. The molecule has 0 aliphatic rings. The van der Waals surface area contributed by atoms with Crippen molar-refractivity contribution >= 4 is 29.9 Å². The van der Waals surface area contributed by atoms with Gasteiger partial charge in [0.25, 0.3) is 0 Å². The standard InChI is InChI=1S/C11H12N4O.ClH/c1-16-9-4-2-8(3-5-9)14-10-6-7-13-11(12)15-10;/h2-7H,1H3,(H3,12,13,14,15);1H. The molecule has 0 radical (unpaired) electrons. The van der Waals surface area contributed by atoms with Gasteiger partial charge >= 0.3 is 0 Å². The Kier molecular flexibility index (Phi) is 4.54. The van der Waals surface area contributed by atoms with Gasteiger partial charge in [0.05, 0.1) is 7.11 Å². The number of nitrogens with zero attached hydrogens (tertiary/aromatic N) is 2. The summed E-state index contributed by atoms with van der Waals surface area (Å²) in [6.45, 7) is 0. The molecule has 0 bridgehead atoms. The number of rotatable bonds is 3. The van der Waals surface area contributed by atoms with E-state index in [1.165, 1.54) is 0 Å². The molecule has 0 saturated heterocycles. The lowest BCUT2D eigenvalue weighted by atomic mass is 10.3. The first-order chi connectivity index (χ1) is 7.78. The number of benzene rings is 1. The monoisotopic (exact) mass is 252 g/mol. The van der Waals surface area contributed by atoms with Crippen LogP contribution in [0.4, 0.5) is 17.5 Å². The number of anilines is 3. The van der Waals surface area contributed by atoms with E-state index >= 15 is 0 Å². The highest BCUT2D eigenvalue weighted by atomic mass is 35.5. The molecular formula is C11H13ClN4O. The van der Waals surface area contributed by atoms with Crippen LogP contribution in [0.5, 0.6) is 5.75 Å². The van der Waals surface area contributed by atoms with E-state index in [-0.39, 0.29) is 18.4 Å². The Morgan fingerprint density at radius 1 is 1.18 bits per heavy atom. The summed E-state index contributed by atoms with van der Waals surface area (Å²) < 4.78 is 5.07. The zero-order valence-electron chi connectivity index (χ0n) is 9.25. The average Bonchev–Trinajstić information content (AvgIpc) is 2.30. The number of nitrogens with two attached hydrogens (primary N) is 1. The minimum absolute atomic E-state index is 0. The third kappa shape index (κ3) is 3.49. The van der Waals surface area contributed by atoms with Gasteiger partial charge in [-0.15, -0.1) is 12.4 Å². The van der Waals surface area contributed by atoms with Gasteiger partial charge < -0.3 is 15.8 Å². The lowest BCUT2D eigenvalue weighted by molar-refractivity contribution is 0.415. The first kappa shape index (κ1) is 13.1. The third-order valence-electron chi connectivity index (χ3n) is 2.04. The fourth-order valence-electron chi connectivity index (χ4n) is 1.27. The van der Waals surface area contributed by atoms with Crippen LogP contribution in [-0.2, 0) is 0 Å². The van der Waals surface area contributed by atoms with Crippen LogP contribution < -0.4 is 15.8 Å². The van der Waals surface area contributed by atoms with Crippen molar-refractivity contribution < 1.29 is 4.74 Å². The fourth-order valence-corrected chi connectivity index (χ4v) is 1.27. The van der Waals surface area contributed by atoms with Gasteiger partial charge in [-0.3, -0.25) is 0 Å². The van der Waals surface area contributed by atoms with E-state index in [2.05, 4.69) is 15.3 Å². The lowest BCUT2D eigenvalue weighted by Crippen LogP contribution is -1.98. The average molecular weight is 253 g/mol. The van der Waals surface area contributed by atoms with Gasteiger partial charge in [-0.2, -0.15) is 4.98 Å². The van der Waals surface area contributed by atoms with Crippen molar-refractivity contribution in [3.63, 3.8) is 0 Å². The van der Waals surface area contributed by atoms with Crippen molar-refractivity contribution in [2.75, 3.05) is 18.2 Å². The van der Waals surface area contributed by atoms with Crippen LogP contribution in [0.2, 0.25) is 0 Å². The number of hydrogen-bond donors (Lipinski definition) is 2. The summed E-state index contributed by atoms with van der Waals surface area (Å²) in [5.74, 6) is 1.73. The van der Waals surface area contributed by atoms with Crippen LogP contribution in [0.25, 0.3) is 0 Å². The molecule has 0 amide bonds. The van der Waals surface area contributed by atoms with E-state index in [4.69, 9.17) is 10.5 Å². The predicted molar refractivity (Wildman–Crippen MR) is 70.0 cm³/mol. The molecule has 0 aliphatic heterocycles. The Morgan fingerprint density at radius 2 is 1.88 bits per heavy atom. The molecule has 6 heteroatoms. The summed E-state index contributed by atoms with van der Waals surface area (Å²) in [7, 11) is 1.63. The summed E-state index contributed by atoms with van der Waals surface area (Å²) in [6, 6.07) is 9.29. The second-order valence-electron chi connectivity index (χ2n) is 3.15. The summed E-state index contributed by atoms with van der Waals surface area (Å²) in [5.41, 5.74) is 6.39. The second kappa shape index (κ2) is 5.91. The van der Waals surface area contributed by atoms with Crippen molar-refractivity contribution in [1.82, 2.24) is 9.97 Å². The van der Waals surface area contributed by atoms with Crippen molar-refractivity contribution in [3.05, 3.63) is 36.5 Å². The summed E-state index contributed by atoms with van der Waals surface area (Å²) in [5, 5.41) is 3.11. The highest BCUT2D eigenvalue weighted by Crippen LogP contribution is 2.18. The van der Waals surface area contributed by atoms with Gasteiger partial charge in [-0.1, -0.05) is 0 Å². The minimum Gasteiger partial charge on any atom is -0.497 e. The predicted octanol–water partition coefficient (Wildman–Crippen LogP) is 2.23. The summed E-state index contributed by atoms with van der Waals surface area (Å²) in [4.78, 5) is 7.85. The van der Waals surface area contributed by atoms with E-state index in [0.717, 1.165) is 11.4 Å². The number of nitrogens with one attached hydrogen (secondary N) is 1. The molecule has 5 nitrogen and oxygen atoms in total. The number of nitrogen functional groups attached to an aromatic ring is 1. The van der Waals surface area contributed by atoms with E-state index in [0.29, 0.717) is 5.82 Å². The number of methoxy groups -OCH3 is 1. The molecule has 1 aromatic carbocycles. The number of ether oxygens (including phenoxy) is 1. The number of hydrogen-bond acceptors (Lipinski definition) is 5. The topological polar surface area (TPSA) is 73.1 Å². The molecule has 1 aromatic heterocycles. The fraction of sp³-hybridized carbons (Fsp3) is 0.0909. The van der Waals surface area contributed by atoms with E-state index < -0.39 is 0 Å². The van der Waals surface area contributed by atoms with Crippen molar-refractivity contribution in [2.24, 2.45) is 0 Å². The summed E-state index contributed by atoms with van der Waals surface area (Å²) >= 11 is 0. The molecule has 1 heterocycles. The van der Waals surface area contributed by atoms with Crippen LogP contribution in [0.1, 0.15) is 0 Å². The Labute approximate surface area is 105 Å². The van der Waals surface area contributed by atoms with E-state index in [1.807, 2.05) is 24.3 Å². The van der Waals surface area contributed by atoms with Crippen LogP contribution in [-0.4, -0.2) is 17.1 Å². The van der Waals surface area contributed by atoms with Gasteiger partial charge in [-0.25, -0.2) is 4.98 Å². The number of halogens is 1. The maximum absolute atomic E-state index is 5.48. The molecule has 3 N–H and O–H groups in total. The molecular weight excluding hydrogens is 240 g/mol. The Hall–Kier alpha value is -2.01. The second-order valence-corrected chi connectivity index (χ2v) is 3.15. The quantitative estimate of drug-likeness (QED) is 0.876. The number of aromatic nitrogens is 2. The van der Waals surface area contributed by atoms with Crippen molar-refractivity contribution in [2.45, 2.75) is 0 Å².